The highest BCUT2D eigenvalue weighted by molar-refractivity contribution is 5.78. The summed E-state index contributed by atoms with van der Waals surface area (Å²) in [6, 6.07) is 10.4. The molecule has 0 unspecified atom stereocenters. The fraction of sp³-hybridized carbons (Fsp3) is 0.423. The molecular formula is C26H37NO. The first-order chi connectivity index (χ1) is 13.8. The summed E-state index contributed by atoms with van der Waals surface area (Å²) >= 11 is 0. The van der Waals surface area contributed by atoms with Crippen LogP contribution >= 0.6 is 0 Å². The third-order valence-electron chi connectivity index (χ3n) is 4.32. The first-order valence-corrected chi connectivity index (χ1v) is 10.7. The van der Waals surface area contributed by atoms with Gasteiger partial charge in [0.25, 0.3) is 0 Å². The second-order valence-electron chi connectivity index (χ2n) is 6.81. The molecule has 0 aliphatic rings. The van der Waals surface area contributed by atoms with E-state index >= 15 is 0 Å². The van der Waals surface area contributed by atoms with Crippen molar-refractivity contribution < 1.29 is 4.79 Å². The quantitative estimate of drug-likeness (QED) is 0.267. The van der Waals surface area contributed by atoms with Gasteiger partial charge in [-0.1, -0.05) is 85.9 Å². The SMILES string of the molecule is CC/C=C\C/C=C\C/C=C\C/C=C\CCC(=O)CCNCCc1ccccc1. The summed E-state index contributed by atoms with van der Waals surface area (Å²) in [4.78, 5) is 11.9. The van der Waals surface area contributed by atoms with Crippen LogP contribution in [0.25, 0.3) is 0 Å². The van der Waals surface area contributed by atoms with E-state index < -0.39 is 0 Å². The lowest BCUT2D eigenvalue weighted by atomic mass is 10.1. The summed E-state index contributed by atoms with van der Waals surface area (Å²) in [5, 5.41) is 3.36. The second kappa shape index (κ2) is 18.2. The van der Waals surface area contributed by atoms with Crippen molar-refractivity contribution in [1.82, 2.24) is 5.32 Å². The number of Topliss-reactive ketones (excluding diaryl/α,β-unsaturated/α-hetero) is 1. The lowest BCUT2D eigenvalue weighted by Crippen LogP contribution is -2.20. The minimum absolute atomic E-state index is 0.342. The van der Waals surface area contributed by atoms with Gasteiger partial charge in [-0.05, 0) is 50.6 Å². The van der Waals surface area contributed by atoms with Gasteiger partial charge in [0.2, 0.25) is 0 Å². The Hall–Kier alpha value is -2.19. The van der Waals surface area contributed by atoms with Gasteiger partial charge in [-0.2, -0.15) is 0 Å². The Kier molecular flexibility index (Phi) is 15.5. The summed E-state index contributed by atoms with van der Waals surface area (Å²) < 4.78 is 0. The van der Waals surface area contributed by atoms with E-state index in [0.717, 1.165) is 51.6 Å². The number of allylic oxidation sites excluding steroid dienone is 8. The zero-order valence-corrected chi connectivity index (χ0v) is 17.5. The number of benzene rings is 1. The Bertz CT molecular complexity index is 611. The third kappa shape index (κ3) is 14.9. The first-order valence-electron chi connectivity index (χ1n) is 10.7. The Morgan fingerprint density at radius 2 is 1.39 bits per heavy atom. The van der Waals surface area contributed by atoms with Gasteiger partial charge in [0.1, 0.15) is 5.78 Å². The van der Waals surface area contributed by atoms with E-state index in [2.05, 4.69) is 85.1 Å². The fourth-order valence-electron chi connectivity index (χ4n) is 2.70. The van der Waals surface area contributed by atoms with Crippen LogP contribution in [0.2, 0.25) is 0 Å². The number of carbonyl (C=O) groups excluding carboxylic acids is 1. The molecule has 0 atom stereocenters. The van der Waals surface area contributed by atoms with Crippen LogP contribution in [0, 0.1) is 0 Å². The Morgan fingerprint density at radius 3 is 2.04 bits per heavy atom. The molecule has 1 N–H and O–H groups in total. The molecule has 0 saturated heterocycles. The number of nitrogens with one attached hydrogen (secondary N) is 1. The molecule has 0 spiro atoms. The summed E-state index contributed by atoms with van der Waals surface area (Å²) in [6.07, 6.45) is 24.6. The summed E-state index contributed by atoms with van der Waals surface area (Å²) in [7, 11) is 0. The van der Waals surface area contributed by atoms with E-state index in [9.17, 15) is 4.79 Å². The van der Waals surface area contributed by atoms with Crippen molar-refractivity contribution >= 4 is 5.78 Å². The monoisotopic (exact) mass is 379 g/mol. The number of ketones is 1. The molecule has 0 aliphatic heterocycles. The molecule has 0 fully saturated rings. The van der Waals surface area contributed by atoms with E-state index in [4.69, 9.17) is 0 Å². The zero-order valence-electron chi connectivity index (χ0n) is 17.5. The first kappa shape index (κ1) is 23.8. The Morgan fingerprint density at radius 1 is 0.786 bits per heavy atom. The third-order valence-corrected chi connectivity index (χ3v) is 4.32. The van der Waals surface area contributed by atoms with Gasteiger partial charge >= 0.3 is 0 Å². The topological polar surface area (TPSA) is 29.1 Å². The van der Waals surface area contributed by atoms with E-state index in [-0.39, 0.29) is 0 Å². The molecule has 0 heterocycles. The molecule has 0 aliphatic carbocycles. The lowest BCUT2D eigenvalue weighted by molar-refractivity contribution is -0.118. The van der Waals surface area contributed by atoms with E-state index in [1.54, 1.807) is 0 Å². The standard InChI is InChI=1S/C26H37NO/c1-2-3-4-5-6-7-8-9-10-11-12-13-17-20-26(28)22-24-27-23-21-25-18-15-14-16-19-25/h3-4,6-7,9-10,12-16,18-19,27H,2,5,8,11,17,20-24H2,1H3/b4-3-,7-6-,10-9-,13-12-. The van der Waals surface area contributed by atoms with Gasteiger partial charge in [0.05, 0.1) is 0 Å². The van der Waals surface area contributed by atoms with E-state index in [1.807, 2.05) is 6.07 Å². The molecular weight excluding hydrogens is 342 g/mol. The smallest absolute Gasteiger partial charge is 0.134 e. The molecule has 1 aromatic rings. The van der Waals surface area contributed by atoms with Crippen molar-refractivity contribution in [2.24, 2.45) is 0 Å². The highest BCUT2D eigenvalue weighted by atomic mass is 16.1. The highest BCUT2D eigenvalue weighted by Crippen LogP contribution is 2.00. The largest absolute Gasteiger partial charge is 0.316 e. The van der Waals surface area contributed by atoms with Crippen LogP contribution < -0.4 is 5.32 Å². The maximum Gasteiger partial charge on any atom is 0.134 e. The number of hydrogen-bond acceptors (Lipinski definition) is 2. The van der Waals surface area contributed by atoms with Gasteiger partial charge in [0, 0.05) is 19.4 Å². The average molecular weight is 380 g/mol. The molecule has 152 valence electrons. The van der Waals surface area contributed by atoms with Crippen LogP contribution in [0.5, 0.6) is 0 Å². The maximum atomic E-state index is 11.9. The summed E-state index contributed by atoms with van der Waals surface area (Å²) in [6.45, 7) is 3.85. The number of hydrogen-bond donors (Lipinski definition) is 1. The minimum atomic E-state index is 0.342. The summed E-state index contributed by atoms with van der Waals surface area (Å²) in [5.41, 5.74) is 1.33. The average Bonchev–Trinajstić information content (AvgIpc) is 2.72. The van der Waals surface area contributed by atoms with Crippen molar-refractivity contribution in [2.45, 2.75) is 58.3 Å². The van der Waals surface area contributed by atoms with Crippen LogP contribution in [0.4, 0.5) is 0 Å². The second-order valence-corrected chi connectivity index (χ2v) is 6.81. The predicted octanol–water partition coefficient (Wildman–Crippen LogP) is 6.36. The maximum absolute atomic E-state index is 11.9. The van der Waals surface area contributed by atoms with Crippen LogP contribution in [0.15, 0.2) is 78.9 Å². The van der Waals surface area contributed by atoms with Crippen LogP contribution in [-0.2, 0) is 11.2 Å². The van der Waals surface area contributed by atoms with Crippen molar-refractivity contribution in [3.05, 3.63) is 84.5 Å². The Balaban J connectivity index is 1.93. The van der Waals surface area contributed by atoms with Crippen LogP contribution in [0.3, 0.4) is 0 Å². The van der Waals surface area contributed by atoms with Crippen LogP contribution in [0.1, 0.15) is 57.4 Å². The normalized spacial score (nSPS) is 12.2. The summed E-state index contributed by atoms with van der Waals surface area (Å²) in [5.74, 6) is 0.342. The number of carbonyl (C=O) groups is 1. The minimum Gasteiger partial charge on any atom is -0.316 e. The lowest BCUT2D eigenvalue weighted by Gasteiger charge is -2.04. The molecule has 0 radical (unpaired) electrons. The van der Waals surface area contributed by atoms with E-state index in [0.29, 0.717) is 18.6 Å². The van der Waals surface area contributed by atoms with Crippen molar-refractivity contribution in [3.8, 4) is 0 Å². The fourth-order valence-corrected chi connectivity index (χ4v) is 2.70. The molecule has 2 nitrogen and oxygen atoms in total. The van der Waals surface area contributed by atoms with Gasteiger partial charge in [-0.3, -0.25) is 4.79 Å². The molecule has 28 heavy (non-hydrogen) atoms. The van der Waals surface area contributed by atoms with Gasteiger partial charge in [0.15, 0.2) is 0 Å². The molecule has 2 heteroatoms. The molecule has 0 bridgehead atoms. The molecule has 1 aromatic carbocycles. The highest BCUT2D eigenvalue weighted by Gasteiger charge is 2.00. The molecule has 1 rings (SSSR count). The predicted molar refractivity (Wildman–Crippen MR) is 123 cm³/mol. The zero-order chi connectivity index (χ0) is 20.1. The molecule has 0 saturated carbocycles. The van der Waals surface area contributed by atoms with Gasteiger partial charge in [-0.15, -0.1) is 0 Å². The molecule has 0 aromatic heterocycles. The van der Waals surface area contributed by atoms with E-state index in [1.165, 1.54) is 5.56 Å². The van der Waals surface area contributed by atoms with Gasteiger partial charge < -0.3 is 5.32 Å². The van der Waals surface area contributed by atoms with Gasteiger partial charge in [-0.25, -0.2) is 0 Å². The van der Waals surface area contributed by atoms with Crippen molar-refractivity contribution in [3.63, 3.8) is 0 Å². The number of rotatable bonds is 16. The van der Waals surface area contributed by atoms with Crippen LogP contribution in [-0.4, -0.2) is 18.9 Å². The molecule has 0 amide bonds. The van der Waals surface area contributed by atoms with Crippen molar-refractivity contribution in [2.75, 3.05) is 13.1 Å². The Labute approximate surface area is 172 Å². The van der Waals surface area contributed by atoms with Crippen molar-refractivity contribution in [1.29, 1.82) is 0 Å².